The highest BCUT2D eigenvalue weighted by molar-refractivity contribution is 5.39. The molecular formula is C21H26O2. The molecule has 2 aromatic rings. The Morgan fingerprint density at radius 2 is 1.57 bits per heavy atom. The first-order chi connectivity index (χ1) is 11.1. The lowest BCUT2D eigenvalue weighted by atomic mass is 9.96. The first-order valence-corrected chi connectivity index (χ1v) is 8.41. The number of benzene rings is 2. The summed E-state index contributed by atoms with van der Waals surface area (Å²) < 4.78 is 10.8. The van der Waals surface area contributed by atoms with Gasteiger partial charge in [-0.1, -0.05) is 31.2 Å². The molecule has 1 aliphatic carbocycles. The standard InChI is InChI=1S/C21H26O2/c1-21(12-13-21)15-17-5-9-18(20(14-17)23-3)8-4-16-6-10-19(22-2)11-7-16/h5-7,9-11,14H,4,8,12-13,15H2,1-3H3. The number of methoxy groups -OCH3 is 2. The molecular weight excluding hydrogens is 284 g/mol. The second-order valence-corrected chi connectivity index (χ2v) is 6.98. The quantitative estimate of drug-likeness (QED) is 0.729. The van der Waals surface area contributed by atoms with E-state index in [2.05, 4.69) is 37.3 Å². The molecule has 2 nitrogen and oxygen atoms in total. The third-order valence-corrected chi connectivity index (χ3v) is 4.93. The van der Waals surface area contributed by atoms with Crippen molar-refractivity contribution in [3.05, 3.63) is 59.2 Å². The average molecular weight is 310 g/mol. The summed E-state index contributed by atoms with van der Waals surface area (Å²) in [7, 11) is 3.47. The lowest BCUT2D eigenvalue weighted by Gasteiger charge is -2.13. The first-order valence-electron chi connectivity index (χ1n) is 8.41. The van der Waals surface area contributed by atoms with Gasteiger partial charge in [-0.05, 0) is 72.4 Å². The monoisotopic (exact) mass is 310 g/mol. The summed E-state index contributed by atoms with van der Waals surface area (Å²) in [4.78, 5) is 0. The Morgan fingerprint density at radius 1 is 0.870 bits per heavy atom. The van der Waals surface area contributed by atoms with Crippen molar-refractivity contribution in [2.45, 2.75) is 39.0 Å². The number of hydrogen-bond donors (Lipinski definition) is 0. The maximum atomic E-state index is 5.63. The topological polar surface area (TPSA) is 18.5 Å². The van der Waals surface area contributed by atoms with Crippen LogP contribution in [0.25, 0.3) is 0 Å². The van der Waals surface area contributed by atoms with Crippen LogP contribution < -0.4 is 9.47 Å². The Labute approximate surface area is 139 Å². The van der Waals surface area contributed by atoms with Gasteiger partial charge in [0.1, 0.15) is 11.5 Å². The van der Waals surface area contributed by atoms with Crippen molar-refractivity contribution in [3.8, 4) is 11.5 Å². The minimum absolute atomic E-state index is 0.537. The van der Waals surface area contributed by atoms with Gasteiger partial charge in [-0.25, -0.2) is 0 Å². The molecule has 0 aromatic heterocycles. The SMILES string of the molecule is COc1ccc(CCc2ccc(CC3(C)CC3)cc2OC)cc1. The van der Waals surface area contributed by atoms with Crippen LogP contribution in [0.5, 0.6) is 11.5 Å². The van der Waals surface area contributed by atoms with Gasteiger partial charge < -0.3 is 9.47 Å². The Bertz CT molecular complexity index is 654. The fraction of sp³-hybridized carbons (Fsp3) is 0.429. The maximum Gasteiger partial charge on any atom is 0.122 e. The van der Waals surface area contributed by atoms with Crippen LogP contribution >= 0.6 is 0 Å². The molecule has 0 unspecified atom stereocenters. The van der Waals surface area contributed by atoms with Gasteiger partial charge in [0.15, 0.2) is 0 Å². The van der Waals surface area contributed by atoms with Crippen molar-refractivity contribution in [1.82, 2.24) is 0 Å². The van der Waals surface area contributed by atoms with E-state index < -0.39 is 0 Å². The molecule has 2 heteroatoms. The molecule has 0 N–H and O–H groups in total. The zero-order chi connectivity index (χ0) is 16.3. The Balaban J connectivity index is 1.66. The summed E-state index contributed by atoms with van der Waals surface area (Å²) >= 11 is 0. The van der Waals surface area contributed by atoms with E-state index >= 15 is 0 Å². The zero-order valence-electron chi connectivity index (χ0n) is 14.4. The second-order valence-electron chi connectivity index (χ2n) is 6.98. The van der Waals surface area contributed by atoms with E-state index in [-0.39, 0.29) is 0 Å². The van der Waals surface area contributed by atoms with E-state index in [1.54, 1.807) is 14.2 Å². The highest BCUT2D eigenvalue weighted by Gasteiger charge is 2.37. The molecule has 23 heavy (non-hydrogen) atoms. The lowest BCUT2D eigenvalue weighted by molar-refractivity contribution is 0.408. The van der Waals surface area contributed by atoms with E-state index in [9.17, 15) is 0 Å². The molecule has 1 fully saturated rings. The van der Waals surface area contributed by atoms with Gasteiger partial charge in [-0.2, -0.15) is 0 Å². The first kappa shape index (κ1) is 15.9. The van der Waals surface area contributed by atoms with Crippen molar-refractivity contribution in [2.75, 3.05) is 14.2 Å². The summed E-state index contributed by atoms with van der Waals surface area (Å²) in [6.45, 7) is 2.37. The summed E-state index contributed by atoms with van der Waals surface area (Å²) in [5, 5.41) is 0. The second kappa shape index (κ2) is 6.66. The zero-order valence-corrected chi connectivity index (χ0v) is 14.4. The highest BCUT2D eigenvalue weighted by atomic mass is 16.5. The lowest BCUT2D eigenvalue weighted by Crippen LogP contribution is -2.01. The highest BCUT2D eigenvalue weighted by Crippen LogP contribution is 2.48. The molecule has 2 aromatic carbocycles. The predicted molar refractivity (Wildman–Crippen MR) is 94.4 cm³/mol. The third-order valence-electron chi connectivity index (χ3n) is 4.93. The number of aryl methyl sites for hydroxylation is 2. The molecule has 0 aliphatic heterocycles. The van der Waals surface area contributed by atoms with Gasteiger partial charge in [0.25, 0.3) is 0 Å². The van der Waals surface area contributed by atoms with Crippen LogP contribution in [0.4, 0.5) is 0 Å². The Hall–Kier alpha value is -1.96. The van der Waals surface area contributed by atoms with Gasteiger partial charge >= 0.3 is 0 Å². The maximum absolute atomic E-state index is 5.63. The van der Waals surface area contributed by atoms with Gasteiger partial charge in [0.05, 0.1) is 14.2 Å². The van der Waals surface area contributed by atoms with E-state index in [1.165, 1.54) is 36.0 Å². The number of ether oxygens (including phenoxy) is 2. The molecule has 0 radical (unpaired) electrons. The number of hydrogen-bond acceptors (Lipinski definition) is 2. The average Bonchev–Trinajstić information content (AvgIpc) is 3.30. The van der Waals surface area contributed by atoms with Crippen LogP contribution in [0.2, 0.25) is 0 Å². The van der Waals surface area contributed by atoms with E-state index in [4.69, 9.17) is 9.47 Å². The van der Waals surface area contributed by atoms with Crippen molar-refractivity contribution < 1.29 is 9.47 Å². The van der Waals surface area contributed by atoms with Gasteiger partial charge in [-0.3, -0.25) is 0 Å². The van der Waals surface area contributed by atoms with Crippen molar-refractivity contribution in [2.24, 2.45) is 5.41 Å². The van der Waals surface area contributed by atoms with Gasteiger partial charge in [0.2, 0.25) is 0 Å². The Morgan fingerprint density at radius 3 is 2.17 bits per heavy atom. The minimum atomic E-state index is 0.537. The predicted octanol–water partition coefficient (Wildman–Crippen LogP) is 4.83. The van der Waals surface area contributed by atoms with E-state index in [0.29, 0.717) is 5.41 Å². The van der Waals surface area contributed by atoms with Crippen LogP contribution in [-0.4, -0.2) is 14.2 Å². The summed E-state index contributed by atoms with van der Waals surface area (Å²) in [6, 6.07) is 15.0. The normalized spacial score (nSPS) is 15.3. The molecule has 0 bridgehead atoms. The molecule has 0 saturated heterocycles. The van der Waals surface area contributed by atoms with Crippen LogP contribution in [0.1, 0.15) is 36.5 Å². The van der Waals surface area contributed by atoms with Crippen molar-refractivity contribution in [3.63, 3.8) is 0 Å². The van der Waals surface area contributed by atoms with Crippen LogP contribution in [0, 0.1) is 5.41 Å². The summed E-state index contributed by atoms with van der Waals surface area (Å²) in [6.07, 6.45) is 5.88. The largest absolute Gasteiger partial charge is 0.497 e. The fourth-order valence-electron chi connectivity index (χ4n) is 3.06. The molecule has 122 valence electrons. The van der Waals surface area contributed by atoms with Crippen LogP contribution in [0.15, 0.2) is 42.5 Å². The van der Waals surface area contributed by atoms with Crippen LogP contribution in [-0.2, 0) is 19.3 Å². The molecule has 0 amide bonds. The molecule has 0 atom stereocenters. The summed E-state index contributed by atoms with van der Waals surface area (Å²) in [5.41, 5.74) is 4.54. The number of rotatable bonds is 7. The smallest absolute Gasteiger partial charge is 0.122 e. The van der Waals surface area contributed by atoms with Crippen molar-refractivity contribution >= 4 is 0 Å². The molecule has 0 spiro atoms. The van der Waals surface area contributed by atoms with Crippen LogP contribution in [0.3, 0.4) is 0 Å². The van der Waals surface area contributed by atoms with E-state index in [0.717, 1.165) is 24.3 Å². The summed E-state index contributed by atoms with van der Waals surface area (Å²) in [5.74, 6) is 1.93. The third kappa shape index (κ3) is 4.07. The van der Waals surface area contributed by atoms with Crippen molar-refractivity contribution in [1.29, 1.82) is 0 Å². The molecule has 3 rings (SSSR count). The fourth-order valence-corrected chi connectivity index (χ4v) is 3.06. The molecule has 1 aliphatic rings. The minimum Gasteiger partial charge on any atom is -0.497 e. The molecule has 1 saturated carbocycles. The van der Waals surface area contributed by atoms with Gasteiger partial charge in [0, 0.05) is 0 Å². The molecule has 0 heterocycles. The van der Waals surface area contributed by atoms with Gasteiger partial charge in [-0.15, -0.1) is 0 Å². The Kier molecular flexibility index (Phi) is 4.61. The van der Waals surface area contributed by atoms with E-state index in [1.807, 2.05) is 12.1 Å².